The Balaban J connectivity index is 1.12. The molecule has 6 rings (SSSR count). The van der Waals surface area contributed by atoms with E-state index in [2.05, 4.69) is 49.4 Å². The van der Waals surface area contributed by atoms with Crippen LogP contribution >= 0.6 is 27.5 Å². The van der Waals surface area contributed by atoms with Crippen molar-refractivity contribution in [3.05, 3.63) is 106 Å². The number of ether oxygens (including phenoxy) is 1. The van der Waals surface area contributed by atoms with E-state index in [9.17, 15) is 0 Å². The van der Waals surface area contributed by atoms with Gasteiger partial charge in [0.15, 0.2) is 5.65 Å². The minimum absolute atomic E-state index is 0.340. The molecule has 1 fully saturated rings. The van der Waals surface area contributed by atoms with Crippen LogP contribution in [0.15, 0.2) is 95.6 Å². The van der Waals surface area contributed by atoms with Gasteiger partial charge in [-0.05, 0) is 64.7 Å². The monoisotopic (exact) mass is 587 g/mol. The molecule has 0 unspecified atom stereocenters. The zero-order valence-corrected chi connectivity index (χ0v) is 23.1. The van der Waals surface area contributed by atoms with Gasteiger partial charge in [-0.2, -0.15) is 9.61 Å². The molecular formula is C30H27BrClN5O. The van der Waals surface area contributed by atoms with Crippen LogP contribution in [0.2, 0.25) is 5.02 Å². The fraction of sp³-hybridized carbons (Fsp3) is 0.200. The first-order chi connectivity index (χ1) is 18.6. The Hall–Kier alpha value is -3.39. The zero-order valence-electron chi connectivity index (χ0n) is 20.7. The molecule has 1 N–H and O–H groups in total. The first kappa shape index (κ1) is 24.9. The summed E-state index contributed by atoms with van der Waals surface area (Å²) in [6.45, 7) is 2.92. The van der Waals surface area contributed by atoms with E-state index >= 15 is 0 Å². The van der Waals surface area contributed by atoms with E-state index in [1.54, 1.807) is 6.20 Å². The van der Waals surface area contributed by atoms with Crippen LogP contribution in [0.1, 0.15) is 18.4 Å². The fourth-order valence-electron chi connectivity index (χ4n) is 4.88. The van der Waals surface area contributed by atoms with Gasteiger partial charge in [-0.1, -0.05) is 60.1 Å². The van der Waals surface area contributed by atoms with E-state index in [0.29, 0.717) is 11.1 Å². The summed E-state index contributed by atoms with van der Waals surface area (Å²) >= 11 is 10.1. The minimum Gasteiger partial charge on any atom is -0.457 e. The van der Waals surface area contributed by atoms with Gasteiger partial charge in [0.2, 0.25) is 0 Å². The second kappa shape index (κ2) is 11.2. The van der Waals surface area contributed by atoms with E-state index < -0.39 is 0 Å². The van der Waals surface area contributed by atoms with Crippen molar-refractivity contribution in [1.29, 1.82) is 0 Å². The van der Waals surface area contributed by atoms with Gasteiger partial charge < -0.3 is 10.1 Å². The van der Waals surface area contributed by atoms with Crippen molar-refractivity contribution < 1.29 is 4.74 Å². The number of hydrogen-bond acceptors (Lipinski definition) is 5. The number of rotatable bonds is 7. The Bertz CT molecular complexity index is 1550. The number of nitrogens with one attached hydrogen (secondary N) is 1. The predicted octanol–water partition coefficient (Wildman–Crippen LogP) is 7.68. The van der Waals surface area contributed by atoms with Crippen molar-refractivity contribution >= 4 is 39.0 Å². The molecule has 0 amide bonds. The van der Waals surface area contributed by atoms with Crippen molar-refractivity contribution in [1.82, 2.24) is 19.5 Å². The molecular weight excluding hydrogens is 562 g/mol. The molecule has 0 atom stereocenters. The Kier molecular flexibility index (Phi) is 7.31. The largest absolute Gasteiger partial charge is 0.457 e. The molecule has 1 saturated heterocycles. The third-order valence-electron chi connectivity index (χ3n) is 6.80. The van der Waals surface area contributed by atoms with Gasteiger partial charge in [-0.15, -0.1) is 0 Å². The maximum atomic E-state index is 6.49. The topological polar surface area (TPSA) is 54.7 Å². The lowest BCUT2D eigenvalue weighted by atomic mass is 10.0. The number of benzene rings is 3. The van der Waals surface area contributed by atoms with Crippen molar-refractivity contribution in [2.24, 2.45) is 0 Å². The molecule has 0 aliphatic carbocycles. The highest BCUT2D eigenvalue weighted by molar-refractivity contribution is 9.10. The van der Waals surface area contributed by atoms with Crippen molar-refractivity contribution in [2.75, 3.05) is 18.4 Å². The normalized spacial score (nSPS) is 14.6. The molecule has 0 spiro atoms. The van der Waals surface area contributed by atoms with E-state index in [-0.39, 0.29) is 0 Å². The third-order valence-corrected chi connectivity index (χ3v) is 7.69. The highest BCUT2D eigenvalue weighted by Gasteiger charge is 2.21. The van der Waals surface area contributed by atoms with Crippen molar-refractivity contribution in [3.63, 3.8) is 0 Å². The average molecular weight is 589 g/mol. The second-order valence-corrected chi connectivity index (χ2v) is 10.8. The Morgan fingerprint density at radius 1 is 0.921 bits per heavy atom. The van der Waals surface area contributed by atoms with Gasteiger partial charge in [-0.25, -0.2) is 4.98 Å². The summed E-state index contributed by atoms with van der Waals surface area (Å²) in [7, 11) is 0. The molecule has 38 heavy (non-hydrogen) atoms. The molecule has 1 aliphatic heterocycles. The van der Waals surface area contributed by atoms with Crippen LogP contribution in [-0.2, 0) is 6.54 Å². The summed E-state index contributed by atoms with van der Waals surface area (Å²) in [5.41, 5.74) is 3.74. The summed E-state index contributed by atoms with van der Waals surface area (Å²) < 4.78 is 8.73. The summed E-state index contributed by atoms with van der Waals surface area (Å²) in [6, 6.07) is 28.4. The summed E-state index contributed by atoms with van der Waals surface area (Å²) in [5.74, 6) is 2.63. The summed E-state index contributed by atoms with van der Waals surface area (Å²) in [4.78, 5) is 7.32. The second-order valence-electron chi connectivity index (χ2n) is 9.49. The molecule has 3 aromatic carbocycles. The quantitative estimate of drug-likeness (QED) is 0.211. The molecule has 0 saturated carbocycles. The third kappa shape index (κ3) is 5.55. The molecule has 192 valence electrons. The number of anilines is 1. The minimum atomic E-state index is 0.340. The lowest BCUT2D eigenvalue weighted by Crippen LogP contribution is -2.39. The fourth-order valence-corrected chi connectivity index (χ4v) is 5.46. The number of halogens is 2. The van der Waals surface area contributed by atoms with E-state index in [1.807, 2.05) is 71.2 Å². The summed E-state index contributed by atoms with van der Waals surface area (Å²) in [5, 5.41) is 8.96. The van der Waals surface area contributed by atoms with Gasteiger partial charge >= 0.3 is 0 Å². The van der Waals surface area contributed by atoms with Crippen LogP contribution in [0, 0.1) is 0 Å². The van der Waals surface area contributed by atoms with Crippen molar-refractivity contribution in [2.45, 2.75) is 25.4 Å². The first-order valence-corrected chi connectivity index (χ1v) is 13.9. The number of nitrogens with zero attached hydrogens (tertiary/aromatic N) is 4. The molecule has 5 aromatic rings. The van der Waals surface area contributed by atoms with Gasteiger partial charge in [0.25, 0.3) is 0 Å². The lowest BCUT2D eigenvalue weighted by molar-refractivity contribution is 0.211. The number of fused-ring (bicyclic) bond motifs is 1. The Morgan fingerprint density at radius 2 is 1.68 bits per heavy atom. The molecule has 0 bridgehead atoms. The van der Waals surface area contributed by atoms with Crippen LogP contribution in [0.4, 0.5) is 5.82 Å². The SMILES string of the molecule is Clc1ccccc1-c1cc(NC2CCN(Cc3cccc(Oc4ccccc4)c3)CC2)n2ncc(Br)c2n1. The highest BCUT2D eigenvalue weighted by Crippen LogP contribution is 2.31. The molecule has 3 heterocycles. The number of piperidine rings is 1. The molecule has 1 aliphatic rings. The van der Waals surface area contributed by atoms with Gasteiger partial charge in [0.05, 0.1) is 16.4 Å². The summed E-state index contributed by atoms with van der Waals surface area (Å²) in [6.07, 6.45) is 3.85. The maximum absolute atomic E-state index is 6.49. The number of likely N-dealkylation sites (tertiary alicyclic amines) is 1. The first-order valence-electron chi connectivity index (χ1n) is 12.7. The number of para-hydroxylation sites is 1. The lowest BCUT2D eigenvalue weighted by Gasteiger charge is -2.33. The van der Waals surface area contributed by atoms with E-state index in [1.165, 1.54) is 5.56 Å². The molecule has 0 radical (unpaired) electrons. The smallest absolute Gasteiger partial charge is 0.172 e. The highest BCUT2D eigenvalue weighted by atomic mass is 79.9. The predicted molar refractivity (Wildman–Crippen MR) is 156 cm³/mol. The van der Waals surface area contributed by atoms with E-state index in [4.69, 9.17) is 21.3 Å². The Labute approximate surface area is 235 Å². The standard InChI is InChI=1S/C30H27BrClN5O/c31-26-19-33-37-29(18-28(35-30(26)37)25-11-4-5-12-27(25)32)34-22-13-15-36(16-14-22)20-21-7-6-10-24(17-21)38-23-8-2-1-3-9-23/h1-12,17-19,22,34H,13-16,20H2. The number of aromatic nitrogens is 3. The van der Waals surface area contributed by atoms with Gasteiger partial charge in [-0.3, -0.25) is 4.90 Å². The van der Waals surface area contributed by atoms with E-state index in [0.717, 1.165) is 71.2 Å². The van der Waals surface area contributed by atoms with Crippen LogP contribution in [0.25, 0.3) is 16.9 Å². The Morgan fingerprint density at radius 3 is 2.50 bits per heavy atom. The van der Waals surface area contributed by atoms with Gasteiger partial charge in [0, 0.05) is 42.3 Å². The van der Waals surface area contributed by atoms with Crippen molar-refractivity contribution in [3.8, 4) is 22.8 Å². The maximum Gasteiger partial charge on any atom is 0.172 e. The molecule has 2 aromatic heterocycles. The average Bonchev–Trinajstić information content (AvgIpc) is 3.31. The van der Waals surface area contributed by atoms with Crippen LogP contribution in [-0.4, -0.2) is 38.6 Å². The van der Waals surface area contributed by atoms with Crippen LogP contribution < -0.4 is 10.1 Å². The molecule has 8 heteroatoms. The molecule has 6 nitrogen and oxygen atoms in total. The van der Waals surface area contributed by atoms with Crippen LogP contribution in [0.5, 0.6) is 11.5 Å². The zero-order chi connectivity index (χ0) is 25.9. The van der Waals surface area contributed by atoms with Crippen LogP contribution in [0.3, 0.4) is 0 Å². The van der Waals surface area contributed by atoms with Gasteiger partial charge in [0.1, 0.15) is 17.3 Å². The number of hydrogen-bond donors (Lipinski definition) is 1.